The predicted molar refractivity (Wildman–Crippen MR) is 78.0 cm³/mol. The number of ether oxygens (including phenoxy) is 1. The summed E-state index contributed by atoms with van der Waals surface area (Å²) in [5, 5.41) is 12.1. The molecular weight excluding hydrogens is 254 g/mol. The maximum atomic E-state index is 12.2. The van der Waals surface area contributed by atoms with Crippen LogP contribution in [0.2, 0.25) is 0 Å². The van der Waals surface area contributed by atoms with Crippen molar-refractivity contribution in [2.75, 3.05) is 12.4 Å². The minimum Gasteiger partial charge on any atom is -0.497 e. The maximum absolute atomic E-state index is 12.2. The summed E-state index contributed by atoms with van der Waals surface area (Å²) in [6.07, 6.45) is 0. The molecule has 0 saturated heterocycles. The zero-order valence-electron chi connectivity index (χ0n) is 11.5. The highest BCUT2D eigenvalue weighted by Crippen LogP contribution is 2.23. The van der Waals surface area contributed by atoms with Gasteiger partial charge in [0.25, 0.3) is 5.91 Å². The van der Waals surface area contributed by atoms with Crippen LogP contribution in [0.1, 0.15) is 21.5 Å². The lowest BCUT2D eigenvalue weighted by atomic mass is 10.1. The predicted octanol–water partition coefficient (Wildman–Crippen LogP) is 2.75. The number of benzene rings is 2. The van der Waals surface area contributed by atoms with Gasteiger partial charge in [-0.05, 0) is 25.1 Å². The zero-order chi connectivity index (χ0) is 14.5. The Labute approximate surface area is 118 Å². The standard InChI is InChI=1S/C16H17NO3/c1-11-4-3-5-12(8-11)16(19)17-15-9-14(20-2)7-6-13(15)10-18/h3-9,18H,10H2,1-2H3,(H,17,19). The van der Waals surface area contributed by atoms with Crippen molar-refractivity contribution in [2.45, 2.75) is 13.5 Å². The first-order valence-corrected chi connectivity index (χ1v) is 6.30. The van der Waals surface area contributed by atoms with E-state index in [0.717, 1.165) is 5.56 Å². The van der Waals surface area contributed by atoms with Crippen molar-refractivity contribution in [1.82, 2.24) is 0 Å². The number of hydrogen-bond donors (Lipinski definition) is 2. The summed E-state index contributed by atoms with van der Waals surface area (Å²) in [5.74, 6) is 0.415. The number of rotatable bonds is 4. The number of methoxy groups -OCH3 is 1. The summed E-state index contributed by atoms with van der Waals surface area (Å²) in [7, 11) is 1.56. The lowest BCUT2D eigenvalue weighted by molar-refractivity contribution is 0.102. The molecule has 0 aliphatic carbocycles. The van der Waals surface area contributed by atoms with Crippen LogP contribution in [-0.4, -0.2) is 18.1 Å². The third-order valence-corrected chi connectivity index (χ3v) is 3.02. The number of aliphatic hydroxyl groups excluding tert-OH is 1. The van der Waals surface area contributed by atoms with E-state index in [1.165, 1.54) is 0 Å². The van der Waals surface area contributed by atoms with Crippen LogP contribution in [0.15, 0.2) is 42.5 Å². The van der Waals surface area contributed by atoms with Crippen molar-refractivity contribution < 1.29 is 14.6 Å². The third-order valence-electron chi connectivity index (χ3n) is 3.02. The molecule has 20 heavy (non-hydrogen) atoms. The second-order valence-electron chi connectivity index (χ2n) is 4.50. The highest BCUT2D eigenvalue weighted by Gasteiger charge is 2.10. The lowest BCUT2D eigenvalue weighted by Crippen LogP contribution is -2.13. The van der Waals surface area contributed by atoms with Crippen molar-refractivity contribution in [3.05, 3.63) is 59.2 Å². The topological polar surface area (TPSA) is 58.6 Å². The Morgan fingerprint density at radius 2 is 2.05 bits per heavy atom. The number of anilines is 1. The number of carbonyl (C=O) groups is 1. The van der Waals surface area contributed by atoms with E-state index in [2.05, 4.69) is 5.32 Å². The van der Waals surface area contributed by atoms with E-state index in [-0.39, 0.29) is 12.5 Å². The lowest BCUT2D eigenvalue weighted by Gasteiger charge is -2.11. The van der Waals surface area contributed by atoms with Crippen molar-refractivity contribution in [2.24, 2.45) is 0 Å². The first-order valence-electron chi connectivity index (χ1n) is 6.30. The highest BCUT2D eigenvalue weighted by atomic mass is 16.5. The molecule has 0 atom stereocenters. The highest BCUT2D eigenvalue weighted by molar-refractivity contribution is 6.04. The number of nitrogens with one attached hydrogen (secondary N) is 1. The minimum atomic E-state index is -0.211. The minimum absolute atomic E-state index is 0.145. The second kappa shape index (κ2) is 6.21. The number of aryl methyl sites for hydroxylation is 1. The van der Waals surface area contributed by atoms with Crippen LogP contribution in [0.3, 0.4) is 0 Å². The van der Waals surface area contributed by atoms with E-state index in [0.29, 0.717) is 22.6 Å². The Balaban J connectivity index is 2.27. The Kier molecular flexibility index (Phi) is 4.38. The molecule has 4 nitrogen and oxygen atoms in total. The van der Waals surface area contributed by atoms with E-state index in [4.69, 9.17) is 4.74 Å². The molecule has 0 aliphatic rings. The van der Waals surface area contributed by atoms with Crippen LogP contribution in [0.4, 0.5) is 5.69 Å². The molecule has 2 N–H and O–H groups in total. The molecule has 0 heterocycles. The first kappa shape index (κ1) is 14.1. The van der Waals surface area contributed by atoms with E-state index in [9.17, 15) is 9.90 Å². The van der Waals surface area contributed by atoms with E-state index >= 15 is 0 Å². The maximum Gasteiger partial charge on any atom is 0.255 e. The van der Waals surface area contributed by atoms with Crippen LogP contribution in [0.25, 0.3) is 0 Å². The molecule has 0 fully saturated rings. The molecule has 0 bridgehead atoms. The molecule has 1 amide bonds. The molecule has 4 heteroatoms. The molecule has 2 aromatic carbocycles. The van der Waals surface area contributed by atoms with Gasteiger partial charge < -0.3 is 15.2 Å². The van der Waals surface area contributed by atoms with Gasteiger partial charge in [-0.25, -0.2) is 0 Å². The average molecular weight is 271 g/mol. The Morgan fingerprint density at radius 1 is 1.25 bits per heavy atom. The van der Waals surface area contributed by atoms with Gasteiger partial charge in [0.1, 0.15) is 5.75 Å². The summed E-state index contributed by atoms with van der Waals surface area (Å²) < 4.78 is 5.13. The summed E-state index contributed by atoms with van der Waals surface area (Å²) in [5.41, 5.74) is 2.80. The van der Waals surface area contributed by atoms with Crippen molar-refractivity contribution in [3.8, 4) is 5.75 Å². The number of aliphatic hydroxyl groups is 1. The van der Waals surface area contributed by atoms with Gasteiger partial charge in [0.05, 0.1) is 19.4 Å². The second-order valence-corrected chi connectivity index (χ2v) is 4.50. The van der Waals surface area contributed by atoms with E-state index in [1.807, 2.05) is 25.1 Å². The zero-order valence-corrected chi connectivity index (χ0v) is 11.5. The molecule has 0 aromatic heterocycles. The van der Waals surface area contributed by atoms with Crippen molar-refractivity contribution in [1.29, 1.82) is 0 Å². The van der Waals surface area contributed by atoms with Gasteiger partial charge >= 0.3 is 0 Å². The summed E-state index contributed by atoms with van der Waals surface area (Å²) in [4.78, 5) is 12.2. The SMILES string of the molecule is COc1ccc(CO)c(NC(=O)c2cccc(C)c2)c1. The normalized spacial score (nSPS) is 10.2. The van der Waals surface area contributed by atoms with E-state index in [1.54, 1.807) is 31.4 Å². The van der Waals surface area contributed by atoms with Crippen LogP contribution < -0.4 is 10.1 Å². The number of amides is 1. The Morgan fingerprint density at radius 3 is 2.70 bits per heavy atom. The monoisotopic (exact) mass is 271 g/mol. The molecule has 0 spiro atoms. The summed E-state index contributed by atoms with van der Waals surface area (Å²) in [6, 6.07) is 12.5. The Hall–Kier alpha value is -2.33. The van der Waals surface area contributed by atoms with Crippen LogP contribution in [-0.2, 0) is 6.61 Å². The number of carbonyl (C=O) groups excluding carboxylic acids is 1. The van der Waals surface area contributed by atoms with Crippen LogP contribution in [0, 0.1) is 6.92 Å². The fourth-order valence-electron chi connectivity index (χ4n) is 1.92. The average Bonchev–Trinajstić information content (AvgIpc) is 2.47. The van der Waals surface area contributed by atoms with Gasteiger partial charge in [0.15, 0.2) is 0 Å². The molecule has 0 radical (unpaired) electrons. The van der Waals surface area contributed by atoms with Gasteiger partial charge in [0.2, 0.25) is 0 Å². The molecule has 104 valence electrons. The quantitative estimate of drug-likeness (QED) is 0.899. The molecule has 0 unspecified atom stereocenters. The van der Waals surface area contributed by atoms with Crippen LogP contribution >= 0.6 is 0 Å². The first-order chi connectivity index (χ1) is 9.63. The Bertz CT molecular complexity index is 623. The van der Waals surface area contributed by atoms with Gasteiger partial charge in [-0.2, -0.15) is 0 Å². The third kappa shape index (κ3) is 3.16. The molecular formula is C16H17NO3. The molecule has 0 saturated carbocycles. The van der Waals surface area contributed by atoms with Gasteiger partial charge in [-0.15, -0.1) is 0 Å². The van der Waals surface area contributed by atoms with Crippen molar-refractivity contribution in [3.63, 3.8) is 0 Å². The van der Waals surface area contributed by atoms with Gasteiger partial charge in [0, 0.05) is 17.2 Å². The smallest absolute Gasteiger partial charge is 0.255 e. The molecule has 2 rings (SSSR count). The fraction of sp³-hybridized carbons (Fsp3) is 0.188. The summed E-state index contributed by atoms with van der Waals surface area (Å²) >= 11 is 0. The van der Waals surface area contributed by atoms with Crippen molar-refractivity contribution >= 4 is 11.6 Å². The van der Waals surface area contributed by atoms with Crippen LogP contribution in [0.5, 0.6) is 5.75 Å². The molecule has 2 aromatic rings. The fourth-order valence-corrected chi connectivity index (χ4v) is 1.92. The van der Waals surface area contributed by atoms with Gasteiger partial charge in [-0.3, -0.25) is 4.79 Å². The molecule has 0 aliphatic heterocycles. The largest absolute Gasteiger partial charge is 0.497 e. The van der Waals surface area contributed by atoms with Gasteiger partial charge in [-0.1, -0.05) is 23.8 Å². The van der Waals surface area contributed by atoms with E-state index < -0.39 is 0 Å². The summed E-state index contributed by atoms with van der Waals surface area (Å²) in [6.45, 7) is 1.79. The number of hydrogen-bond acceptors (Lipinski definition) is 3.